The molecule has 2 heterocycles. The molecule has 13 heavy (non-hydrogen) atoms. The summed E-state index contributed by atoms with van der Waals surface area (Å²) in [5.41, 5.74) is 0. The average Bonchev–Trinajstić information content (AvgIpc) is 2.21. The third-order valence-corrected chi connectivity index (χ3v) is 3.12. The summed E-state index contributed by atoms with van der Waals surface area (Å²) in [7, 11) is 0. The van der Waals surface area contributed by atoms with E-state index in [4.69, 9.17) is 0 Å². The van der Waals surface area contributed by atoms with E-state index >= 15 is 0 Å². The third-order valence-electron chi connectivity index (χ3n) is 3.12. The molecule has 0 spiro atoms. The van der Waals surface area contributed by atoms with E-state index in [0.717, 1.165) is 5.92 Å². The van der Waals surface area contributed by atoms with Crippen LogP contribution >= 0.6 is 0 Å². The molecule has 3 heteroatoms. The third kappa shape index (κ3) is 2.93. The zero-order valence-corrected chi connectivity index (χ0v) is 8.39. The highest BCUT2D eigenvalue weighted by molar-refractivity contribution is 4.75. The largest absolute Gasteiger partial charge is 0.316 e. The molecule has 2 saturated heterocycles. The molecule has 0 amide bonds. The van der Waals surface area contributed by atoms with Gasteiger partial charge in [-0.15, -0.1) is 0 Å². The maximum Gasteiger partial charge on any atom is 0.0107 e. The Kier molecular flexibility index (Phi) is 3.58. The van der Waals surface area contributed by atoms with Crippen molar-refractivity contribution in [3.8, 4) is 0 Å². The molecule has 0 aromatic heterocycles. The fraction of sp³-hybridized carbons (Fsp3) is 1.00. The van der Waals surface area contributed by atoms with Gasteiger partial charge in [0.2, 0.25) is 0 Å². The molecule has 0 bridgehead atoms. The minimum absolute atomic E-state index is 0.909. The Hall–Kier alpha value is -0.120. The Morgan fingerprint density at radius 2 is 1.92 bits per heavy atom. The Bertz CT molecular complexity index is 121. The molecular formula is C10H21N3. The van der Waals surface area contributed by atoms with E-state index in [0.29, 0.717) is 0 Å². The lowest BCUT2D eigenvalue weighted by Gasteiger charge is -2.32. The topological polar surface area (TPSA) is 27.3 Å². The second-order valence-corrected chi connectivity index (χ2v) is 4.26. The molecule has 2 aliphatic rings. The van der Waals surface area contributed by atoms with Crippen LogP contribution in [0, 0.1) is 5.92 Å². The van der Waals surface area contributed by atoms with E-state index < -0.39 is 0 Å². The summed E-state index contributed by atoms with van der Waals surface area (Å²) in [5, 5.41) is 6.88. The van der Waals surface area contributed by atoms with Crippen LogP contribution in [0.15, 0.2) is 0 Å². The van der Waals surface area contributed by atoms with Gasteiger partial charge in [0.25, 0.3) is 0 Å². The molecule has 2 N–H and O–H groups in total. The van der Waals surface area contributed by atoms with Crippen LogP contribution in [-0.4, -0.2) is 50.7 Å². The lowest BCUT2D eigenvalue weighted by atomic mass is 9.99. The van der Waals surface area contributed by atoms with Gasteiger partial charge < -0.3 is 15.5 Å². The number of rotatable bonds is 2. The van der Waals surface area contributed by atoms with Crippen LogP contribution in [0.4, 0.5) is 0 Å². The van der Waals surface area contributed by atoms with Crippen LogP contribution in [-0.2, 0) is 0 Å². The van der Waals surface area contributed by atoms with Crippen LogP contribution in [0.25, 0.3) is 0 Å². The number of nitrogens with zero attached hydrogens (tertiary/aromatic N) is 1. The fourth-order valence-electron chi connectivity index (χ4n) is 2.34. The molecule has 2 fully saturated rings. The first-order chi connectivity index (χ1) is 6.45. The van der Waals surface area contributed by atoms with Gasteiger partial charge in [-0.2, -0.15) is 0 Å². The van der Waals surface area contributed by atoms with Crippen LogP contribution in [0.1, 0.15) is 12.8 Å². The summed E-state index contributed by atoms with van der Waals surface area (Å²) in [5.74, 6) is 0.909. The summed E-state index contributed by atoms with van der Waals surface area (Å²) in [6.07, 6.45) is 2.80. The van der Waals surface area contributed by atoms with Gasteiger partial charge in [0, 0.05) is 32.7 Å². The monoisotopic (exact) mass is 183 g/mol. The zero-order valence-electron chi connectivity index (χ0n) is 8.39. The number of hydrogen-bond donors (Lipinski definition) is 2. The molecule has 0 radical (unpaired) electrons. The summed E-state index contributed by atoms with van der Waals surface area (Å²) in [4.78, 5) is 2.61. The quantitative estimate of drug-likeness (QED) is 0.625. The van der Waals surface area contributed by atoms with Crippen molar-refractivity contribution in [1.82, 2.24) is 15.5 Å². The van der Waals surface area contributed by atoms with Crippen LogP contribution in [0.5, 0.6) is 0 Å². The zero-order chi connectivity index (χ0) is 8.93. The molecule has 2 rings (SSSR count). The van der Waals surface area contributed by atoms with E-state index in [2.05, 4.69) is 15.5 Å². The minimum Gasteiger partial charge on any atom is -0.316 e. The molecule has 0 saturated carbocycles. The second kappa shape index (κ2) is 4.94. The lowest BCUT2D eigenvalue weighted by molar-refractivity contribution is 0.188. The van der Waals surface area contributed by atoms with Gasteiger partial charge in [0.1, 0.15) is 0 Å². The maximum absolute atomic E-state index is 3.48. The van der Waals surface area contributed by atoms with E-state index in [9.17, 15) is 0 Å². The highest BCUT2D eigenvalue weighted by atomic mass is 15.2. The molecule has 0 aliphatic carbocycles. The molecular weight excluding hydrogens is 162 g/mol. The molecule has 2 aliphatic heterocycles. The van der Waals surface area contributed by atoms with Crippen LogP contribution < -0.4 is 10.6 Å². The first kappa shape index (κ1) is 9.44. The maximum atomic E-state index is 3.48. The Morgan fingerprint density at radius 1 is 1.08 bits per heavy atom. The van der Waals surface area contributed by atoms with Crippen LogP contribution in [0.3, 0.4) is 0 Å². The van der Waals surface area contributed by atoms with Crippen molar-refractivity contribution in [1.29, 1.82) is 0 Å². The van der Waals surface area contributed by atoms with Crippen molar-refractivity contribution < 1.29 is 0 Å². The first-order valence-electron chi connectivity index (χ1n) is 5.59. The van der Waals surface area contributed by atoms with Crippen LogP contribution in [0.2, 0.25) is 0 Å². The van der Waals surface area contributed by atoms with E-state index in [1.165, 1.54) is 58.7 Å². The molecule has 76 valence electrons. The summed E-state index contributed by atoms with van der Waals surface area (Å²) in [6.45, 7) is 8.64. The van der Waals surface area contributed by atoms with Crippen molar-refractivity contribution >= 4 is 0 Å². The minimum atomic E-state index is 0.909. The Morgan fingerprint density at radius 3 is 2.62 bits per heavy atom. The SMILES string of the molecule is C1CNC[C@@H](CN2CCNCC2)C1. The Labute approximate surface area is 80.9 Å². The summed E-state index contributed by atoms with van der Waals surface area (Å²) >= 11 is 0. The highest BCUT2D eigenvalue weighted by Gasteiger charge is 2.17. The summed E-state index contributed by atoms with van der Waals surface area (Å²) in [6, 6.07) is 0. The fourth-order valence-corrected chi connectivity index (χ4v) is 2.34. The number of piperidine rings is 1. The molecule has 0 aromatic rings. The van der Waals surface area contributed by atoms with Gasteiger partial charge in [-0.3, -0.25) is 0 Å². The van der Waals surface area contributed by atoms with Gasteiger partial charge >= 0.3 is 0 Å². The van der Waals surface area contributed by atoms with Gasteiger partial charge in [-0.25, -0.2) is 0 Å². The van der Waals surface area contributed by atoms with Crippen molar-refractivity contribution in [3.63, 3.8) is 0 Å². The number of nitrogens with one attached hydrogen (secondary N) is 2. The van der Waals surface area contributed by atoms with Crippen molar-refractivity contribution in [2.24, 2.45) is 5.92 Å². The van der Waals surface area contributed by atoms with Gasteiger partial charge in [0.15, 0.2) is 0 Å². The van der Waals surface area contributed by atoms with Crippen molar-refractivity contribution in [3.05, 3.63) is 0 Å². The predicted molar refractivity (Wildman–Crippen MR) is 54.9 cm³/mol. The normalized spacial score (nSPS) is 31.8. The molecule has 0 aromatic carbocycles. The standard InChI is InChI=1S/C10H21N3/c1-2-10(8-12-3-1)9-13-6-4-11-5-7-13/h10-12H,1-9H2/t10-/m0/s1. The van der Waals surface area contributed by atoms with E-state index in [1.807, 2.05) is 0 Å². The average molecular weight is 183 g/mol. The lowest BCUT2D eigenvalue weighted by Crippen LogP contribution is -2.47. The first-order valence-corrected chi connectivity index (χ1v) is 5.59. The Balaban J connectivity index is 1.69. The predicted octanol–water partition coefficient (Wildman–Crippen LogP) is -0.109. The highest BCUT2D eigenvalue weighted by Crippen LogP contribution is 2.11. The van der Waals surface area contributed by atoms with Gasteiger partial charge in [-0.1, -0.05) is 0 Å². The van der Waals surface area contributed by atoms with Crippen molar-refractivity contribution in [2.45, 2.75) is 12.8 Å². The van der Waals surface area contributed by atoms with Gasteiger partial charge in [-0.05, 0) is 31.8 Å². The molecule has 1 atom stereocenters. The summed E-state index contributed by atoms with van der Waals surface area (Å²) < 4.78 is 0. The number of hydrogen-bond acceptors (Lipinski definition) is 3. The van der Waals surface area contributed by atoms with E-state index in [1.54, 1.807) is 0 Å². The molecule has 0 unspecified atom stereocenters. The van der Waals surface area contributed by atoms with Crippen molar-refractivity contribution in [2.75, 3.05) is 45.8 Å². The number of piperazine rings is 1. The van der Waals surface area contributed by atoms with E-state index in [-0.39, 0.29) is 0 Å². The molecule has 3 nitrogen and oxygen atoms in total. The van der Waals surface area contributed by atoms with Gasteiger partial charge in [0.05, 0.1) is 0 Å². The second-order valence-electron chi connectivity index (χ2n) is 4.26. The smallest absolute Gasteiger partial charge is 0.0107 e.